The molecular formula is C6H10MgO6. The number of hydrogen-bond acceptors (Lipinski definition) is 6. The normalized spacial score (nSPS) is 23.8. The molecule has 0 bridgehead atoms. The van der Waals surface area contributed by atoms with Crippen molar-refractivity contribution in [3.8, 4) is 0 Å². The van der Waals surface area contributed by atoms with E-state index in [1.54, 1.807) is 0 Å². The van der Waals surface area contributed by atoms with Gasteiger partial charge >= 0.3 is 29.0 Å². The number of carbonyl (C=O) groups excluding carboxylic acids is 1. The Kier molecular flexibility index (Phi) is 4.47. The van der Waals surface area contributed by atoms with E-state index in [0.717, 1.165) is 0 Å². The van der Waals surface area contributed by atoms with Gasteiger partial charge in [0, 0.05) is 0 Å². The minimum Gasteiger partial charge on any atom is -1.00 e. The maximum atomic E-state index is 10.5. The third-order valence-corrected chi connectivity index (χ3v) is 1.48. The summed E-state index contributed by atoms with van der Waals surface area (Å²) in [6.07, 6.45) is -2.78. The van der Waals surface area contributed by atoms with Gasteiger partial charge in [-0.1, -0.05) is 0 Å². The van der Waals surface area contributed by atoms with E-state index in [9.17, 15) is 4.79 Å². The molecule has 1 aliphatic heterocycles. The Morgan fingerprint density at radius 1 is 1.54 bits per heavy atom. The first-order valence-corrected chi connectivity index (χ1v) is 3.20. The SMILES string of the molecule is O=C1O[C@H]([C@@H](O)CO)C(O)=C1O.[H-].[H-].[Mg+2]. The van der Waals surface area contributed by atoms with Crippen LogP contribution in [-0.2, 0) is 9.53 Å². The fraction of sp³-hybridized carbons (Fsp3) is 0.500. The number of aliphatic hydroxyl groups excluding tert-OH is 4. The average Bonchev–Trinajstić information content (AvgIpc) is 2.32. The summed E-state index contributed by atoms with van der Waals surface area (Å²) in [4.78, 5) is 10.5. The second-order valence-corrected chi connectivity index (χ2v) is 2.31. The first-order chi connectivity index (χ1) is 5.57. The molecule has 0 fully saturated rings. The topological polar surface area (TPSA) is 107 Å². The zero-order valence-electron chi connectivity index (χ0n) is 8.67. The fourth-order valence-electron chi connectivity index (χ4n) is 0.823. The molecule has 13 heavy (non-hydrogen) atoms. The quantitative estimate of drug-likeness (QED) is 0.319. The Morgan fingerprint density at radius 3 is 2.38 bits per heavy atom. The number of ether oxygens (including phenoxy) is 1. The van der Waals surface area contributed by atoms with Gasteiger partial charge in [0.2, 0.25) is 5.76 Å². The minimum absolute atomic E-state index is 0. The number of cyclic esters (lactones) is 1. The molecule has 6 nitrogen and oxygen atoms in total. The van der Waals surface area contributed by atoms with E-state index in [1.807, 2.05) is 0 Å². The average molecular weight is 202 g/mol. The van der Waals surface area contributed by atoms with Crippen LogP contribution < -0.4 is 0 Å². The van der Waals surface area contributed by atoms with Crippen molar-refractivity contribution in [3.05, 3.63) is 11.5 Å². The first kappa shape index (κ1) is 12.5. The maximum absolute atomic E-state index is 10.5. The van der Waals surface area contributed by atoms with Crippen LogP contribution in [0.5, 0.6) is 0 Å². The van der Waals surface area contributed by atoms with E-state index in [-0.39, 0.29) is 25.9 Å². The predicted molar refractivity (Wildman–Crippen MR) is 43.2 cm³/mol. The Hall–Kier alpha value is -0.504. The zero-order valence-corrected chi connectivity index (χ0v) is 8.09. The van der Waals surface area contributed by atoms with E-state index in [2.05, 4.69) is 4.74 Å². The van der Waals surface area contributed by atoms with Crippen molar-refractivity contribution in [1.82, 2.24) is 0 Å². The van der Waals surface area contributed by atoms with E-state index in [4.69, 9.17) is 20.4 Å². The van der Waals surface area contributed by atoms with Gasteiger partial charge in [0.1, 0.15) is 6.10 Å². The smallest absolute Gasteiger partial charge is 1.00 e. The van der Waals surface area contributed by atoms with Crippen LogP contribution in [0, 0.1) is 0 Å². The molecular weight excluding hydrogens is 192 g/mol. The first-order valence-electron chi connectivity index (χ1n) is 3.20. The van der Waals surface area contributed by atoms with Gasteiger partial charge in [-0.2, -0.15) is 0 Å². The largest absolute Gasteiger partial charge is 2.00 e. The summed E-state index contributed by atoms with van der Waals surface area (Å²) in [5, 5.41) is 35.0. The molecule has 0 aromatic carbocycles. The summed E-state index contributed by atoms with van der Waals surface area (Å²) in [5.74, 6) is -2.78. The number of carbonyl (C=O) groups is 1. The molecule has 1 heterocycles. The van der Waals surface area contributed by atoms with E-state index >= 15 is 0 Å². The molecule has 0 saturated carbocycles. The predicted octanol–water partition coefficient (Wildman–Crippen LogP) is -1.56. The van der Waals surface area contributed by atoms with Gasteiger partial charge in [-0.15, -0.1) is 0 Å². The Morgan fingerprint density at radius 2 is 2.08 bits per heavy atom. The molecule has 7 heteroatoms. The number of hydrogen-bond donors (Lipinski definition) is 4. The van der Waals surface area contributed by atoms with Gasteiger partial charge in [0.25, 0.3) is 0 Å². The molecule has 1 rings (SSSR count). The van der Waals surface area contributed by atoms with Crippen LogP contribution in [0.2, 0.25) is 0 Å². The van der Waals surface area contributed by atoms with Crippen LogP contribution in [0.15, 0.2) is 11.5 Å². The molecule has 0 radical (unpaired) electrons. The number of esters is 1. The molecule has 0 amide bonds. The van der Waals surface area contributed by atoms with Crippen LogP contribution in [0.1, 0.15) is 2.85 Å². The third-order valence-electron chi connectivity index (χ3n) is 1.48. The van der Waals surface area contributed by atoms with Crippen LogP contribution in [0.25, 0.3) is 0 Å². The summed E-state index contributed by atoms with van der Waals surface area (Å²) in [6, 6.07) is 0. The standard InChI is InChI=1S/C6H8O6.Mg.2H/c7-1-2(8)5-3(9)4(10)6(11)12-5;;;/h2,5,7-10H,1H2;;;/q;+2;2*-1/t2-,5+;;;/m0.../s1. The van der Waals surface area contributed by atoms with Gasteiger partial charge in [-0.25, -0.2) is 4.79 Å². The molecule has 0 spiro atoms. The van der Waals surface area contributed by atoms with Crippen molar-refractivity contribution < 1.29 is 32.8 Å². The molecule has 0 aromatic heterocycles. The van der Waals surface area contributed by atoms with Gasteiger partial charge in [0.05, 0.1) is 6.61 Å². The summed E-state index contributed by atoms with van der Waals surface area (Å²) in [7, 11) is 0. The number of aliphatic hydroxyl groups is 4. The summed E-state index contributed by atoms with van der Waals surface area (Å²) >= 11 is 0. The molecule has 4 N–H and O–H groups in total. The maximum Gasteiger partial charge on any atom is 2.00 e. The second kappa shape index (κ2) is 4.65. The van der Waals surface area contributed by atoms with E-state index < -0.39 is 36.3 Å². The zero-order chi connectivity index (χ0) is 9.30. The van der Waals surface area contributed by atoms with Crippen LogP contribution in [0.3, 0.4) is 0 Å². The monoisotopic (exact) mass is 202 g/mol. The van der Waals surface area contributed by atoms with Crippen LogP contribution in [0.4, 0.5) is 0 Å². The summed E-state index contributed by atoms with van der Waals surface area (Å²) in [5.41, 5.74) is 0. The molecule has 0 aromatic rings. The van der Waals surface area contributed by atoms with Crippen molar-refractivity contribution in [1.29, 1.82) is 0 Å². The van der Waals surface area contributed by atoms with Crippen molar-refractivity contribution >= 4 is 29.0 Å². The summed E-state index contributed by atoms with van der Waals surface area (Å²) in [6.45, 7) is -0.671. The molecule has 2 atom stereocenters. The van der Waals surface area contributed by atoms with Crippen molar-refractivity contribution in [2.45, 2.75) is 12.2 Å². The van der Waals surface area contributed by atoms with Gasteiger partial charge in [-0.05, 0) is 0 Å². The third kappa shape index (κ3) is 2.24. The Balaban J connectivity index is -0.000000480. The van der Waals surface area contributed by atoms with Crippen LogP contribution >= 0.6 is 0 Å². The van der Waals surface area contributed by atoms with Crippen LogP contribution in [-0.4, -0.2) is 68.3 Å². The summed E-state index contributed by atoms with van der Waals surface area (Å²) < 4.78 is 4.32. The molecule has 0 aliphatic carbocycles. The molecule has 0 saturated heterocycles. The van der Waals surface area contributed by atoms with Crippen molar-refractivity contribution in [2.75, 3.05) is 6.61 Å². The van der Waals surface area contributed by atoms with E-state index in [0.29, 0.717) is 0 Å². The molecule has 72 valence electrons. The fourth-order valence-corrected chi connectivity index (χ4v) is 0.823. The Bertz CT molecular complexity index is 246. The molecule has 0 unspecified atom stereocenters. The van der Waals surface area contributed by atoms with E-state index in [1.165, 1.54) is 0 Å². The van der Waals surface area contributed by atoms with Crippen molar-refractivity contribution in [2.24, 2.45) is 0 Å². The molecule has 1 aliphatic rings. The van der Waals surface area contributed by atoms with Gasteiger partial charge in [0.15, 0.2) is 11.9 Å². The minimum atomic E-state index is -1.42. The number of rotatable bonds is 2. The van der Waals surface area contributed by atoms with Gasteiger partial charge in [-0.3, -0.25) is 0 Å². The Labute approximate surface area is 92.6 Å². The van der Waals surface area contributed by atoms with Crippen molar-refractivity contribution in [3.63, 3.8) is 0 Å². The second-order valence-electron chi connectivity index (χ2n) is 2.31. The van der Waals surface area contributed by atoms with Gasteiger partial charge < -0.3 is 28.0 Å².